The molecular weight excluding hydrogens is 647 g/mol. The Kier molecular flexibility index (Phi) is 11.8. The summed E-state index contributed by atoms with van der Waals surface area (Å²) in [7, 11) is -3.34. The third-order valence-electron chi connectivity index (χ3n) is 7.35. The number of pyridine rings is 1. The van der Waals surface area contributed by atoms with Gasteiger partial charge in [0.1, 0.15) is 11.6 Å². The number of halogens is 2. The highest BCUT2D eigenvalue weighted by molar-refractivity contribution is 7.92. The van der Waals surface area contributed by atoms with Gasteiger partial charge in [-0.1, -0.05) is 18.2 Å². The predicted octanol–water partition coefficient (Wildman–Crippen LogP) is 6.79. The molecule has 1 aliphatic heterocycles. The van der Waals surface area contributed by atoms with Crippen molar-refractivity contribution in [2.45, 2.75) is 32.2 Å². The summed E-state index contributed by atoms with van der Waals surface area (Å²) in [6.45, 7) is 3.95. The number of nitrogens with one attached hydrogen (secondary N) is 4. The number of carbonyl (C=O) groups excluding carboxylic acids is 2. The van der Waals surface area contributed by atoms with Crippen LogP contribution in [0.5, 0.6) is 11.6 Å². The number of carbonyl (C=O) groups is 2. The maximum Gasteiger partial charge on any atom is 0.323 e. The van der Waals surface area contributed by atoms with Crippen LogP contribution < -0.4 is 25.4 Å². The molecule has 11 nitrogen and oxygen atoms in total. The highest BCUT2D eigenvalue weighted by Gasteiger charge is 2.21. The average molecular weight is 683 g/mol. The smallest absolute Gasteiger partial charge is 0.323 e. The maximum atomic E-state index is 13.9. The Morgan fingerprint density at radius 1 is 0.894 bits per heavy atom. The number of sulfonamides is 1. The molecule has 14 heteroatoms. The summed E-state index contributed by atoms with van der Waals surface area (Å²) in [5.41, 5.74) is 3.73. The topological polar surface area (TPSA) is 142 Å². The lowest BCUT2D eigenvalue weighted by Crippen LogP contribution is -2.32. The SMILES string of the molecule is CC(=O)Nc1cc(NC(=O)Nc2ccc(C3CCN(Cc4ccc(Oc5ccc(NS(C)(=O)=O)cc5)nc4)CC3)cc2)ccc1F.Cl. The Hall–Kier alpha value is -4.72. The van der Waals surface area contributed by atoms with Crippen LogP contribution in [0.4, 0.5) is 31.9 Å². The van der Waals surface area contributed by atoms with Crippen LogP contribution in [0.15, 0.2) is 85.1 Å². The molecule has 1 saturated heterocycles. The largest absolute Gasteiger partial charge is 0.439 e. The molecule has 0 bridgehead atoms. The van der Waals surface area contributed by atoms with Crippen molar-refractivity contribution in [1.29, 1.82) is 0 Å². The summed E-state index contributed by atoms with van der Waals surface area (Å²) in [4.78, 5) is 30.6. The van der Waals surface area contributed by atoms with Crippen molar-refractivity contribution in [2.75, 3.05) is 40.0 Å². The highest BCUT2D eigenvalue weighted by Crippen LogP contribution is 2.30. The molecule has 0 atom stereocenters. The fraction of sp³-hybridized carbons (Fsp3) is 0.242. The van der Waals surface area contributed by atoms with E-state index in [1.54, 1.807) is 30.5 Å². The average Bonchev–Trinajstić information content (AvgIpc) is 3.01. The van der Waals surface area contributed by atoms with E-state index in [4.69, 9.17) is 4.74 Å². The van der Waals surface area contributed by atoms with Gasteiger partial charge in [-0.2, -0.15) is 0 Å². The van der Waals surface area contributed by atoms with Gasteiger partial charge in [0.25, 0.3) is 0 Å². The zero-order valence-corrected chi connectivity index (χ0v) is 27.5. The van der Waals surface area contributed by atoms with Gasteiger partial charge in [0, 0.05) is 42.8 Å². The van der Waals surface area contributed by atoms with Gasteiger partial charge < -0.3 is 20.7 Å². The Labute approximate surface area is 279 Å². The second-order valence-electron chi connectivity index (χ2n) is 11.1. The van der Waals surface area contributed by atoms with Gasteiger partial charge in [-0.25, -0.2) is 22.6 Å². The van der Waals surface area contributed by atoms with Crippen molar-refractivity contribution >= 4 is 57.1 Å². The quantitative estimate of drug-likeness (QED) is 0.144. The first kappa shape index (κ1) is 35.1. The number of nitrogens with zero attached hydrogens (tertiary/aromatic N) is 2. The third kappa shape index (κ3) is 10.7. The molecule has 47 heavy (non-hydrogen) atoms. The molecule has 1 aromatic heterocycles. The van der Waals surface area contributed by atoms with Gasteiger partial charge in [0.05, 0.1) is 11.9 Å². The molecule has 0 saturated carbocycles. The van der Waals surface area contributed by atoms with Gasteiger partial charge >= 0.3 is 6.03 Å². The molecule has 0 unspecified atom stereocenters. The van der Waals surface area contributed by atoms with Crippen LogP contribution in [0, 0.1) is 5.82 Å². The van der Waals surface area contributed by atoms with E-state index in [9.17, 15) is 22.4 Å². The van der Waals surface area contributed by atoms with Gasteiger partial charge in [-0.3, -0.25) is 14.4 Å². The van der Waals surface area contributed by atoms with E-state index in [0.717, 1.165) is 44.3 Å². The Morgan fingerprint density at radius 2 is 1.53 bits per heavy atom. The summed E-state index contributed by atoms with van der Waals surface area (Å²) in [5, 5.41) is 7.83. The van der Waals surface area contributed by atoms with E-state index < -0.39 is 27.8 Å². The van der Waals surface area contributed by atoms with E-state index in [0.29, 0.717) is 34.6 Å². The molecule has 4 aromatic rings. The van der Waals surface area contributed by atoms with Crippen LogP contribution in [0.3, 0.4) is 0 Å². The number of urea groups is 1. The normalized spacial score (nSPS) is 13.6. The molecule has 3 amide bonds. The second-order valence-corrected chi connectivity index (χ2v) is 12.9. The Balaban J connectivity index is 0.00000500. The van der Waals surface area contributed by atoms with Gasteiger partial charge in [-0.15, -0.1) is 12.4 Å². The number of piperidine rings is 1. The number of likely N-dealkylation sites (tertiary alicyclic amines) is 1. The van der Waals surface area contributed by atoms with Crippen LogP contribution in [0.2, 0.25) is 0 Å². The molecule has 248 valence electrons. The van der Waals surface area contributed by atoms with Gasteiger partial charge in [0.2, 0.25) is 21.8 Å². The molecule has 0 radical (unpaired) electrons. The van der Waals surface area contributed by atoms with Crippen molar-refractivity contribution in [1.82, 2.24) is 9.88 Å². The Bertz CT molecular complexity index is 1780. The number of amides is 3. The molecule has 1 aliphatic rings. The number of hydrogen-bond donors (Lipinski definition) is 4. The lowest BCUT2D eigenvalue weighted by molar-refractivity contribution is -0.114. The number of benzene rings is 3. The molecule has 0 aliphatic carbocycles. The van der Waals surface area contributed by atoms with Crippen LogP contribution in [-0.2, 0) is 21.4 Å². The summed E-state index contributed by atoms with van der Waals surface area (Å²) >= 11 is 0. The fourth-order valence-corrected chi connectivity index (χ4v) is 5.76. The van der Waals surface area contributed by atoms with E-state index in [-0.39, 0.29) is 18.1 Å². The summed E-state index contributed by atoms with van der Waals surface area (Å²) < 4.78 is 44.8. The van der Waals surface area contributed by atoms with Crippen molar-refractivity contribution in [3.8, 4) is 11.6 Å². The van der Waals surface area contributed by atoms with Gasteiger partial charge in [0.15, 0.2) is 0 Å². The van der Waals surface area contributed by atoms with Crippen molar-refractivity contribution in [2.24, 2.45) is 0 Å². The molecule has 0 spiro atoms. The van der Waals surface area contributed by atoms with Crippen LogP contribution in [0.25, 0.3) is 0 Å². The zero-order valence-electron chi connectivity index (χ0n) is 25.8. The molecular formula is C33H36ClFN6O5S. The number of ether oxygens (including phenoxy) is 1. The first-order valence-corrected chi connectivity index (χ1v) is 16.6. The molecule has 4 N–H and O–H groups in total. The number of hydrogen-bond acceptors (Lipinski definition) is 7. The minimum absolute atomic E-state index is 0. The molecule has 1 fully saturated rings. The molecule has 2 heterocycles. The summed E-state index contributed by atoms with van der Waals surface area (Å²) in [6, 6.07) is 21.7. The van der Waals surface area contributed by atoms with Gasteiger partial charge in [-0.05, 0) is 97.6 Å². The van der Waals surface area contributed by atoms with Crippen molar-refractivity contribution < 1.29 is 27.1 Å². The molecule has 3 aromatic carbocycles. The van der Waals surface area contributed by atoms with E-state index in [1.807, 2.05) is 36.4 Å². The van der Waals surface area contributed by atoms with Crippen LogP contribution in [-0.4, -0.2) is 49.6 Å². The van der Waals surface area contributed by atoms with Crippen LogP contribution in [0.1, 0.15) is 36.8 Å². The number of anilines is 4. The van der Waals surface area contributed by atoms with E-state index in [2.05, 4.69) is 30.6 Å². The van der Waals surface area contributed by atoms with Crippen molar-refractivity contribution in [3.63, 3.8) is 0 Å². The lowest BCUT2D eigenvalue weighted by atomic mass is 9.89. The van der Waals surface area contributed by atoms with Crippen molar-refractivity contribution in [3.05, 3.63) is 102 Å². The summed E-state index contributed by atoms with van der Waals surface area (Å²) in [6.07, 6.45) is 4.92. The fourth-order valence-electron chi connectivity index (χ4n) is 5.19. The number of aromatic nitrogens is 1. The highest BCUT2D eigenvalue weighted by atomic mass is 35.5. The Morgan fingerprint density at radius 3 is 2.15 bits per heavy atom. The molecule has 5 rings (SSSR count). The second kappa shape index (κ2) is 15.7. The third-order valence-corrected chi connectivity index (χ3v) is 7.95. The minimum atomic E-state index is -3.34. The first-order valence-electron chi connectivity index (χ1n) is 14.7. The van der Waals surface area contributed by atoms with E-state index >= 15 is 0 Å². The van der Waals surface area contributed by atoms with Crippen LogP contribution >= 0.6 is 12.4 Å². The monoisotopic (exact) mass is 682 g/mol. The lowest BCUT2D eigenvalue weighted by Gasteiger charge is -2.32. The standard InChI is InChI=1S/C33H35FN6O5S.ClH/c1-22(41)36-31-19-28(10-13-30(31)34)38-33(42)37-26-6-4-24(5-7-26)25-15-17-40(18-16-25)21-23-3-14-32(35-20-23)45-29-11-8-27(9-12-29)39-46(2,43)44;/h3-14,19-20,25,39H,15-18,21H2,1-2H3,(H,36,41)(H2,37,38,42);1H. The minimum Gasteiger partial charge on any atom is -0.439 e. The first-order chi connectivity index (χ1) is 22.0. The van der Waals surface area contributed by atoms with E-state index in [1.165, 1.54) is 30.7 Å². The summed E-state index contributed by atoms with van der Waals surface area (Å²) in [5.74, 6) is 0.423. The predicted molar refractivity (Wildman–Crippen MR) is 184 cm³/mol. The number of rotatable bonds is 10. The zero-order chi connectivity index (χ0) is 32.7. The maximum absolute atomic E-state index is 13.9.